The highest BCUT2D eigenvalue weighted by atomic mass is 35.5. The molecule has 1 N–H and O–H groups in total. The normalized spacial score (nSPS) is 16.5. The van der Waals surface area contributed by atoms with Gasteiger partial charge in [0.2, 0.25) is 0 Å². The van der Waals surface area contributed by atoms with E-state index in [9.17, 15) is 0 Å². The highest BCUT2D eigenvalue weighted by Crippen LogP contribution is 2.31. The van der Waals surface area contributed by atoms with Crippen molar-refractivity contribution >= 4 is 11.6 Å². The van der Waals surface area contributed by atoms with Gasteiger partial charge in [-0.15, -0.1) is 0 Å². The van der Waals surface area contributed by atoms with Gasteiger partial charge in [-0.2, -0.15) is 0 Å². The van der Waals surface area contributed by atoms with Gasteiger partial charge in [-0.25, -0.2) is 0 Å². The summed E-state index contributed by atoms with van der Waals surface area (Å²) in [6, 6.07) is 6.24. The van der Waals surface area contributed by atoms with E-state index in [0.717, 1.165) is 35.9 Å². The Hall–Kier alpha value is -0.990. The molecule has 1 aliphatic rings. The van der Waals surface area contributed by atoms with Crippen LogP contribution in [0.15, 0.2) is 30.0 Å². The second-order valence-electron chi connectivity index (χ2n) is 4.26. The molecule has 0 aliphatic carbocycles. The number of hydrogen-bond donors (Lipinski definition) is 1. The van der Waals surface area contributed by atoms with Gasteiger partial charge in [0, 0.05) is 11.4 Å². The number of halogens is 1. The van der Waals surface area contributed by atoms with Gasteiger partial charge in [0.25, 0.3) is 0 Å². The molecule has 1 atom stereocenters. The third-order valence-electron chi connectivity index (χ3n) is 2.89. The van der Waals surface area contributed by atoms with Gasteiger partial charge in [-0.1, -0.05) is 30.7 Å². The first kappa shape index (κ1) is 12.5. The van der Waals surface area contributed by atoms with Crippen molar-refractivity contribution in [3.63, 3.8) is 0 Å². The van der Waals surface area contributed by atoms with Crippen molar-refractivity contribution in [2.24, 2.45) is 0 Å². The molecule has 1 heterocycles. The van der Waals surface area contributed by atoms with Crippen LogP contribution in [0.5, 0.6) is 0 Å². The quantitative estimate of drug-likeness (QED) is 0.883. The fraction of sp³-hybridized carbons (Fsp3) is 0.429. The summed E-state index contributed by atoms with van der Waals surface area (Å²) in [5.41, 5.74) is 2.27. The maximum atomic E-state index is 6.32. The number of rotatable bonds is 4. The molecule has 92 valence electrons. The number of likely N-dealkylation sites (N-methyl/N-ethyl adjacent to an activating group) is 1. The number of hydrogen-bond acceptors (Lipinski definition) is 2. The van der Waals surface area contributed by atoms with Gasteiger partial charge < -0.3 is 10.1 Å². The molecule has 2 rings (SSSR count). The van der Waals surface area contributed by atoms with Crippen LogP contribution in [0.2, 0.25) is 5.02 Å². The van der Waals surface area contributed by atoms with E-state index in [4.69, 9.17) is 16.3 Å². The van der Waals surface area contributed by atoms with Crippen LogP contribution >= 0.6 is 11.6 Å². The number of nitrogens with one attached hydrogen (secondary N) is 1. The van der Waals surface area contributed by atoms with Gasteiger partial charge in [0.05, 0.1) is 12.6 Å². The third kappa shape index (κ3) is 2.82. The molecule has 1 aromatic rings. The maximum absolute atomic E-state index is 6.32. The summed E-state index contributed by atoms with van der Waals surface area (Å²) < 4.78 is 5.65. The van der Waals surface area contributed by atoms with Crippen LogP contribution < -0.4 is 5.32 Å². The molecule has 0 bridgehead atoms. The molecule has 0 spiro atoms. The Balaban J connectivity index is 2.31. The first-order valence-corrected chi connectivity index (χ1v) is 6.42. The lowest BCUT2D eigenvalue weighted by Crippen LogP contribution is -2.23. The molecule has 3 heteroatoms. The molecule has 1 unspecified atom stereocenters. The van der Waals surface area contributed by atoms with E-state index in [1.807, 2.05) is 13.0 Å². The summed E-state index contributed by atoms with van der Waals surface area (Å²) in [5.74, 6) is 0.998. The number of ether oxygens (including phenoxy) is 1. The Labute approximate surface area is 108 Å². The highest BCUT2D eigenvalue weighted by Gasteiger charge is 2.21. The van der Waals surface area contributed by atoms with Gasteiger partial charge in [0.15, 0.2) is 0 Å². The molecule has 0 fully saturated rings. The van der Waals surface area contributed by atoms with E-state index in [2.05, 4.69) is 30.4 Å². The van der Waals surface area contributed by atoms with Crippen molar-refractivity contribution in [2.75, 3.05) is 13.2 Å². The van der Waals surface area contributed by atoms with Gasteiger partial charge in [-0.05, 0) is 36.7 Å². The Bertz CT molecular complexity index is 428. The maximum Gasteiger partial charge on any atom is 0.114 e. The van der Waals surface area contributed by atoms with Crippen LogP contribution in [0.25, 0.3) is 0 Å². The molecule has 17 heavy (non-hydrogen) atoms. The second kappa shape index (κ2) is 5.56. The largest absolute Gasteiger partial charge is 0.496 e. The summed E-state index contributed by atoms with van der Waals surface area (Å²) in [7, 11) is 0. The van der Waals surface area contributed by atoms with E-state index >= 15 is 0 Å². The van der Waals surface area contributed by atoms with Crippen LogP contribution in [0.1, 0.15) is 30.5 Å². The Morgan fingerprint density at radius 3 is 2.88 bits per heavy atom. The molecule has 0 saturated heterocycles. The van der Waals surface area contributed by atoms with Gasteiger partial charge in [-0.3, -0.25) is 0 Å². The second-order valence-corrected chi connectivity index (χ2v) is 4.67. The Kier molecular flexibility index (Phi) is 4.08. The zero-order chi connectivity index (χ0) is 12.3. The van der Waals surface area contributed by atoms with Crippen LogP contribution in [0.4, 0.5) is 0 Å². The molecule has 2 nitrogen and oxygen atoms in total. The minimum Gasteiger partial charge on any atom is -0.496 e. The summed E-state index contributed by atoms with van der Waals surface area (Å²) >= 11 is 6.32. The highest BCUT2D eigenvalue weighted by molar-refractivity contribution is 6.31. The van der Waals surface area contributed by atoms with Crippen molar-refractivity contribution < 1.29 is 4.74 Å². The summed E-state index contributed by atoms with van der Waals surface area (Å²) in [5, 5.41) is 4.22. The van der Waals surface area contributed by atoms with Gasteiger partial charge in [0.1, 0.15) is 5.76 Å². The van der Waals surface area contributed by atoms with E-state index < -0.39 is 0 Å². The third-order valence-corrected chi connectivity index (χ3v) is 3.22. The van der Waals surface area contributed by atoms with Crippen molar-refractivity contribution in [3.05, 3.63) is 46.2 Å². The summed E-state index contributed by atoms with van der Waals surface area (Å²) in [6.07, 6.45) is 3.13. The smallest absolute Gasteiger partial charge is 0.114 e. The first-order valence-electron chi connectivity index (χ1n) is 6.04. The molecular weight excluding hydrogens is 234 g/mol. The minimum absolute atomic E-state index is 0.0793. The molecular formula is C14H18ClNO. The Morgan fingerprint density at radius 2 is 2.29 bits per heavy atom. The van der Waals surface area contributed by atoms with Crippen molar-refractivity contribution in [3.8, 4) is 0 Å². The predicted molar refractivity (Wildman–Crippen MR) is 71.3 cm³/mol. The van der Waals surface area contributed by atoms with Gasteiger partial charge >= 0.3 is 0 Å². The lowest BCUT2D eigenvalue weighted by Gasteiger charge is -2.20. The standard InChI is InChI=1S/C14H18ClNO/c1-3-16-14(13-5-4-8-17-13)11-7-6-10(2)9-12(11)15/h5-7,9,14,16H,3-4,8H2,1-2H3. The van der Waals surface area contributed by atoms with E-state index in [1.54, 1.807) is 0 Å². The molecule has 0 amide bonds. The lowest BCUT2D eigenvalue weighted by molar-refractivity contribution is 0.216. The minimum atomic E-state index is 0.0793. The van der Waals surface area contributed by atoms with Crippen molar-refractivity contribution in [1.82, 2.24) is 5.32 Å². The van der Waals surface area contributed by atoms with Crippen molar-refractivity contribution in [2.45, 2.75) is 26.3 Å². The van der Waals surface area contributed by atoms with E-state index in [0.29, 0.717) is 0 Å². The Morgan fingerprint density at radius 1 is 1.47 bits per heavy atom. The first-order chi connectivity index (χ1) is 8.22. The van der Waals surface area contributed by atoms with E-state index in [-0.39, 0.29) is 6.04 Å². The fourth-order valence-corrected chi connectivity index (χ4v) is 2.42. The fourth-order valence-electron chi connectivity index (χ4n) is 2.07. The zero-order valence-corrected chi connectivity index (χ0v) is 11.1. The van der Waals surface area contributed by atoms with Crippen molar-refractivity contribution in [1.29, 1.82) is 0 Å². The summed E-state index contributed by atoms with van der Waals surface area (Å²) in [4.78, 5) is 0. The lowest BCUT2D eigenvalue weighted by atomic mass is 10.0. The van der Waals surface area contributed by atoms with E-state index in [1.165, 1.54) is 5.56 Å². The van der Waals surface area contributed by atoms with Crippen LogP contribution in [0, 0.1) is 6.92 Å². The zero-order valence-electron chi connectivity index (χ0n) is 10.3. The van der Waals surface area contributed by atoms with Crippen LogP contribution in [-0.4, -0.2) is 13.2 Å². The number of aryl methyl sites for hydroxylation is 1. The molecule has 0 radical (unpaired) electrons. The van der Waals surface area contributed by atoms with Crippen LogP contribution in [0.3, 0.4) is 0 Å². The molecule has 0 aromatic heterocycles. The summed E-state index contributed by atoms with van der Waals surface area (Å²) in [6.45, 7) is 5.80. The molecule has 1 aliphatic heterocycles. The average Bonchev–Trinajstić information content (AvgIpc) is 2.80. The monoisotopic (exact) mass is 251 g/mol. The number of benzene rings is 1. The van der Waals surface area contributed by atoms with Crippen LogP contribution in [-0.2, 0) is 4.74 Å². The SMILES string of the molecule is CCNC(C1=CCCO1)c1ccc(C)cc1Cl. The predicted octanol–water partition coefficient (Wildman–Crippen LogP) is 3.60. The molecule has 1 aromatic carbocycles. The average molecular weight is 252 g/mol. The molecule has 0 saturated carbocycles. The topological polar surface area (TPSA) is 21.3 Å².